The summed E-state index contributed by atoms with van der Waals surface area (Å²) in [5, 5.41) is 3.73. The quantitative estimate of drug-likeness (QED) is 0.774. The van der Waals surface area contributed by atoms with Crippen LogP contribution in [-0.4, -0.2) is 44.9 Å². The molecule has 6 nitrogen and oxygen atoms in total. The van der Waals surface area contributed by atoms with Gasteiger partial charge in [0.2, 0.25) is 0 Å². The summed E-state index contributed by atoms with van der Waals surface area (Å²) in [4.78, 5) is 3.98. The molecule has 0 aliphatic rings. The van der Waals surface area contributed by atoms with Crippen LogP contribution < -0.4 is 10.0 Å². The highest BCUT2D eigenvalue weighted by molar-refractivity contribution is 7.87. The highest BCUT2D eigenvalue weighted by Crippen LogP contribution is 2.21. The fourth-order valence-electron chi connectivity index (χ4n) is 1.03. The van der Waals surface area contributed by atoms with Crippen LogP contribution in [0.5, 0.6) is 0 Å². The normalized spacial score (nSPS) is 11.8. The van der Waals surface area contributed by atoms with Crippen molar-refractivity contribution >= 4 is 39.2 Å². The fraction of sp³-hybridized carbons (Fsp3) is 0.444. The highest BCUT2D eigenvalue weighted by atomic mass is 35.5. The molecule has 2 N–H and O–H groups in total. The van der Waals surface area contributed by atoms with E-state index in [1.807, 2.05) is 0 Å². The average molecular weight is 313 g/mol. The molecule has 0 aromatic carbocycles. The molecule has 0 amide bonds. The zero-order chi connectivity index (χ0) is 13.8. The molecular weight excluding hydrogens is 299 g/mol. The van der Waals surface area contributed by atoms with Crippen LogP contribution in [0.15, 0.2) is 12.3 Å². The van der Waals surface area contributed by atoms with Crippen molar-refractivity contribution in [2.75, 3.05) is 32.5 Å². The molecule has 102 valence electrons. The molecule has 0 spiro atoms. The number of nitrogens with one attached hydrogen (secondary N) is 2. The van der Waals surface area contributed by atoms with Crippen molar-refractivity contribution in [2.24, 2.45) is 0 Å². The first-order chi connectivity index (χ1) is 8.33. The Morgan fingerprint density at radius 2 is 2.00 bits per heavy atom. The zero-order valence-corrected chi connectivity index (χ0v) is 12.3. The van der Waals surface area contributed by atoms with Crippen molar-refractivity contribution < 1.29 is 8.42 Å². The summed E-state index contributed by atoms with van der Waals surface area (Å²) in [5.74, 6) is 0.463. The number of aromatic nitrogens is 1. The summed E-state index contributed by atoms with van der Waals surface area (Å²) < 4.78 is 26.3. The maximum absolute atomic E-state index is 11.4. The predicted molar refractivity (Wildman–Crippen MR) is 73.4 cm³/mol. The third-order valence-electron chi connectivity index (χ3n) is 1.99. The van der Waals surface area contributed by atoms with Crippen LogP contribution >= 0.6 is 23.2 Å². The fourth-order valence-corrected chi connectivity index (χ4v) is 2.10. The van der Waals surface area contributed by atoms with E-state index in [-0.39, 0.29) is 6.54 Å². The molecule has 0 aliphatic heterocycles. The molecule has 0 atom stereocenters. The second kappa shape index (κ2) is 6.53. The van der Waals surface area contributed by atoms with Gasteiger partial charge in [-0.15, -0.1) is 0 Å². The summed E-state index contributed by atoms with van der Waals surface area (Å²) in [6, 6.07) is 1.56. The lowest BCUT2D eigenvalue weighted by Crippen LogP contribution is -2.38. The van der Waals surface area contributed by atoms with Gasteiger partial charge in [0.05, 0.1) is 10.0 Å². The molecule has 0 bridgehead atoms. The van der Waals surface area contributed by atoms with E-state index in [2.05, 4.69) is 15.0 Å². The summed E-state index contributed by atoms with van der Waals surface area (Å²) in [7, 11) is -0.497. The Kier molecular flexibility index (Phi) is 5.61. The first-order valence-corrected chi connectivity index (χ1v) is 7.24. The monoisotopic (exact) mass is 312 g/mol. The summed E-state index contributed by atoms with van der Waals surface area (Å²) in [6.45, 7) is 0.586. The predicted octanol–water partition coefficient (Wildman–Crippen LogP) is 1.20. The van der Waals surface area contributed by atoms with E-state index in [0.717, 1.165) is 4.31 Å². The van der Waals surface area contributed by atoms with Crippen molar-refractivity contribution in [3.05, 3.63) is 22.3 Å². The number of anilines is 1. The topological polar surface area (TPSA) is 74.3 Å². The minimum Gasteiger partial charge on any atom is -0.368 e. The molecule has 0 aliphatic carbocycles. The van der Waals surface area contributed by atoms with E-state index >= 15 is 0 Å². The Balaban J connectivity index is 2.43. The standard InChI is InChI=1S/C9H14Cl2N4O2S/c1-15(2)18(16,17)14-4-3-12-9-8(11)5-7(10)6-13-9/h5-6,14H,3-4H2,1-2H3,(H,12,13). The first-order valence-electron chi connectivity index (χ1n) is 5.05. The lowest BCUT2D eigenvalue weighted by molar-refractivity contribution is 0.507. The second-order valence-corrected chi connectivity index (χ2v) is 6.41. The Labute approximate surface area is 116 Å². The van der Waals surface area contributed by atoms with Gasteiger partial charge in [0.25, 0.3) is 10.2 Å². The van der Waals surface area contributed by atoms with Gasteiger partial charge in [-0.2, -0.15) is 12.7 Å². The van der Waals surface area contributed by atoms with Crippen LogP contribution in [-0.2, 0) is 10.2 Å². The van der Waals surface area contributed by atoms with E-state index in [0.29, 0.717) is 22.4 Å². The Hall–Kier alpha value is -0.600. The molecular formula is C9H14Cl2N4O2S. The second-order valence-electron chi connectivity index (χ2n) is 3.59. The van der Waals surface area contributed by atoms with Gasteiger partial charge in [0, 0.05) is 33.4 Å². The maximum Gasteiger partial charge on any atom is 0.278 e. The molecule has 0 fully saturated rings. The molecule has 18 heavy (non-hydrogen) atoms. The smallest absolute Gasteiger partial charge is 0.278 e. The summed E-state index contributed by atoms with van der Waals surface area (Å²) in [5.41, 5.74) is 0. The first kappa shape index (κ1) is 15.5. The third-order valence-corrected chi connectivity index (χ3v) is 4.02. The average Bonchev–Trinajstić information content (AvgIpc) is 2.26. The van der Waals surface area contributed by atoms with E-state index in [1.54, 1.807) is 6.07 Å². The van der Waals surface area contributed by atoms with Crippen LogP contribution in [0, 0.1) is 0 Å². The minimum absolute atomic E-state index is 0.223. The molecule has 0 saturated carbocycles. The number of hydrogen-bond donors (Lipinski definition) is 2. The van der Waals surface area contributed by atoms with Gasteiger partial charge in [-0.1, -0.05) is 23.2 Å². The molecule has 1 aromatic heterocycles. The molecule has 9 heteroatoms. The van der Waals surface area contributed by atoms with Gasteiger partial charge in [-0.25, -0.2) is 9.71 Å². The lowest BCUT2D eigenvalue weighted by Gasteiger charge is -2.13. The van der Waals surface area contributed by atoms with Crippen LogP contribution in [0.1, 0.15) is 0 Å². The number of hydrogen-bond acceptors (Lipinski definition) is 4. The molecule has 1 rings (SSSR count). The Morgan fingerprint density at radius 3 is 2.56 bits per heavy atom. The van der Waals surface area contributed by atoms with Crippen LogP contribution in [0.25, 0.3) is 0 Å². The van der Waals surface area contributed by atoms with Crippen LogP contribution in [0.2, 0.25) is 10.0 Å². The van der Waals surface area contributed by atoms with E-state index in [4.69, 9.17) is 23.2 Å². The number of pyridine rings is 1. The molecule has 0 unspecified atom stereocenters. The van der Waals surface area contributed by atoms with Gasteiger partial charge in [0.15, 0.2) is 0 Å². The van der Waals surface area contributed by atoms with E-state index in [1.165, 1.54) is 20.3 Å². The number of nitrogens with zero attached hydrogens (tertiary/aromatic N) is 2. The van der Waals surface area contributed by atoms with Gasteiger partial charge >= 0.3 is 0 Å². The van der Waals surface area contributed by atoms with E-state index < -0.39 is 10.2 Å². The molecule has 1 aromatic rings. The van der Waals surface area contributed by atoms with Gasteiger partial charge < -0.3 is 5.32 Å². The minimum atomic E-state index is -3.40. The van der Waals surface area contributed by atoms with Gasteiger partial charge in [-0.05, 0) is 6.07 Å². The maximum atomic E-state index is 11.4. The molecule has 0 radical (unpaired) electrons. The largest absolute Gasteiger partial charge is 0.368 e. The summed E-state index contributed by atoms with van der Waals surface area (Å²) >= 11 is 11.6. The van der Waals surface area contributed by atoms with Crippen LogP contribution in [0.4, 0.5) is 5.82 Å². The van der Waals surface area contributed by atoms with E-state index in [9.17, 15) is 8.42 Å². The Bertz CT molecular complexity index is 507. The van der Waals surface area contributed by atoms with Gasteiger partial charge in [-0.3, -0.25) is 0 Å². The van der Waals surface area contributed by atoms with Crippen molar-refractivity contribution in [2.45, 2.75) is 0 Å². The van der Waals surface area contributed by atoms with Crippen molar-refractivity contribution in [1.82, 2.24) is 14.0 Å². The lowest BCUT2D eigenvalue weighted by atomic mass is 10.4. The third kappa shape index (κ3) is 4.58. The summed E-state index contributed by atoms with van der Waals surface area (Å²) in [6.07, 6.45) is 1.46. The number of halogens is 2. The Morgan fingerprint density at radius 1 is 1.33 bits per heavy atom. The SMILES string of the molecule is CN(C)S(=O)(=O)NCCNc1ncc(Cl)cc1Cl. The zero-order valence-electron chi connectivity index (χ0n) is 9.94. The van der Waals surface area contributed by atoms with Crippen molar-refractivity contribution in [3.8, 4) is 0 Å². The molecule has 0 saturated heterocycles. The van der Waals surface area contributed by atoms with Gasteiger partial charge in [0.1, 0.15) is 5.82 Å². The van der Waals surface area contributed by atoms with Crippen LogP contribution in [0.3, 0.4) is 0 Å². The number of rotatable bonds is 6. The van der Waals surface area contributed by atoms with Crippen molar-refractivity contribution in [3.63, 3.8) is 0 Å². The molecule has 1 heterocycles. The van der Waals surface area contributed by atoms with Crippen molar-refractivity contribution in [1.29, 1.82) is 0 Å². The highest BCUT2D eigenvalue weighted by Gasteiger charge is 2.11.